The van der Waals surface area contributed by atoms with Gasteiger partial charge in [0.25, 0.3) is 0 Å². The summed E-state index contributed by atoms with van der Waals surface area (Å²) >= 11 is 0. The fourth-order valence-corrected chi connectivity index (χ4v) is 2.02. The molecule has 21 heavy (non-hydrogen) atoms. The molecular weight excluding hydrogens is 270 g/mol. The van der Waals surface area contributed by atoms with Gasteiger partial charge in [0.15, 0.2) is 0 Å². The molecule has 6 heteroatoms. The third kappa shape index (κ3) is 3.82. The largest absolute Gasteiger partial charge is 0.497 e. The molecule has 0 unspecified atom stereocenters. The number of aliphatic hydroxyl groups excluding tert-OH is 1. The lowest BCUT2D eigenvalue weighted by molar-refractivity contribution is -0.118. The smallest absolute Gasteiger partial charge is 0.216 e. The Hall–Kier alpha value is -2.34. The molecule has 0 atom stereocenters. The number of carbonyl (C=O) groups excluding carboxylic acids is 1. The second-order valence-electron chi connectivity index (χ2n) is 4.62. The van der Waals surface area contributed by atoms with Crippen LogP contribution in [0.2, 0.25) is 0 Å². The van der Waals surface area contributed by atoms with Crippen LogP contribution in [0, 0.1) is 0 Å². The van der Waals surface area contributed by atoms with Crippen LogP contribution in [-0.2, 0) is 11.4 Å². The lowest BCUT2D eigenvalue weighted by Crippen LogP contribution is -2.26. The molecular formula is C15H19N3O3. The van der Waals surface area contributed by atoms with Gasteiger partial charge in [0.1, 0.15) is 11.6 Å². The minimum absolute atomic E-state index is 0.0715. The number of rotatable bonds is 6. The Morgan fingerprint density at radius 3 is 2.81 bits per heavy atom. The predicted molar refractivity (Wildman–Crippen MR) is 81.4 cm³/mol. The van der Waals surface area contributed by atoms with E-state index in [0.717, 1.165) is 16.7 Å². The number of nitrogens with zero attached hydrogens (tertiary/aromatic N) is 1. The van der Waals surface area contributed by atoms with Crippen LogP contribution in [0.25, 0.3) is 10.9 Å². The zero-order valence-corrected chi connectivity index (χ0v) is 12.1. The van der Waals surface area contributed by atoms with E-state index in [4.69, 9.17) is 4.74 Å². The lowest BCUT2D eigenvalue weighted by Gasteiger charge is -2.12. The first-order chi connectivity index (χ1) is 10.1. The molecule has 0 bridgehead atoms. The van der Waals surface area contributed by atoms with Gasteiger partial charge >= 0.3 is 0 Å². The molecule has 0 aliphatic heterocycles. The van der Waals surface area contributed by atoms with Crippen LogP contribution < -0.4 is 15.4 Å². The molecule has 0 saturated carbocycles. The van der Waals surface area contributed by atoms with Crippen molar-refractivity contribution in [1.29, 1.82) is 0 Å². The number of hydrogen-bond donors (Lipinski definition) is 3. The zero-order chi connectivity index (χ0) is 15.2. The summed E-state index contributed by atoms with van der Waals surface area (Å²) in [6.45, 7) is 2.41. The Morgan fingerprint density at radius 2 is 2.14 bits per heavy atom. The second-order valence-corrected chi connectivity index (χ2v) is 4.62. The molecule has 2 rings (SSSR count). The maximum Gasteiger partial charge on any atom is 0.216 e. The van der Waals surface area contributed by atoms with Crippen molar-refractivity contribution >= 4 is 22.6 Å². The van der Waals surface area contributed by atoms with Crippen molar-refractivity contribution in [2.75, 3.05) is 25.5 Å². The van der Waals surface area contributed by atoms with Crippen LogP contribution in [0.1, 0.15) is 12.5 Å². The maximum absolute atomic E-state index is 10.8. The maximum atomic E-state index is 10.8. The van der Waals surface area contributed by atoms with Crippen molar-refractivity contribution in [3.8, 4) is 5.75 Å². The second kappa shape index (κ2) is 6.90. The molecule has 1 aromatic carbocycles. The van der Waals surface area contributed by atoms with Crippen molar-refractivity contribution in [3.05, 3.63) is 29.8 Å². The molecule has 1 aromatic heterocycles. The Kier molecular flexibility index (Phi) is 4.94. The fourth-order valence-electron chi connectivity index (χ4n) is 2.02. The molecule has 0 aliphatic rings. The van der Waals surface area contributed by atoms with Crippen molar-refractivity contribution in [1.82, 2.24) is 10.3 Å². The van der Waals surface area contributed by atoms with E-state index in [1.165, 1.54) is 6.92 Å². The molecule has 1 heterocycles. The highest BCUT2D eigenvalue weighted by Gasteiger charge is 2.07. The van der Waals surface area contributed by atoms with Gasteiger partial charge in [-0.25, -0.2) is 4.98 Å². The molecule has 0 radical (unpaired) electrons. The van der Waals surface area contributed by atoms with Crippen molar-refractivity contribution < 1.29 is 14.6 Å². The molecule has 3 N–H and O–H groups in total. The molecule has 1 amide bonds. The molecule has 2 aromatic rings. The van der Waals surface area contributed by atoms with Gasteiger partial charge in [-0.3, -0.25) is 4.79 Å². The van der Waals surface area contributed by atoms with E-state index in [1.54, 1.807) is 7.11 Å². The van der Waals surface area contributed by atoms with Crippen LogP contribution in [0.3, 0.4) is 0 Å². The van der Waals surface area contributed by atoms with Gasteiger partial charge in [-0.1, -0.05) is 0 Å². The Bertz CT molecular complexity index is 643. The highest BCUT2D eigenvalue weighted by atomic mass is 16.5. The minimum Gasteiger partial charge on any atom is -0.497 e. The normalized spacial score (nSPS) is 10.4. The SMILES string of the molecule is COc1ccc2nc(NCCNC(C)=O)c(CO)cc2c1. The first-order valence-electron chi connectivity index (χ1n) is 6.71. The number of methoxy groups -OCH3 is 1. The fraction of sp³-hybridized carbons (Fsp3) is 0.333. The van der Waals surface area contributed by atoms with E-state index in [2.05, 4.69) is 15.6 Å². The van der Waals surface area contributed by atoms with Crippen LogP contribution in [0.5, 0.6) is 5.75 Å². The van der Waals surface area contributed by atoms with Gasteiger partial charge in [0.2, 0.25) is 5.91 Å². The van der Waals surface area contributed by atoms with E-state index in [-0.39, 0.29) is 12.5 Å². The van der Waals surface area contributed by atoms with Crippen molar-refractivity contribution in [2.24, 2.45) is 0 Å². The third-order valence-corrected chi connectivity index (χ3v) is 3.06. The average molecular weight is 289 g/mol. The first-order valence-corrected chi connectivity index (χ1v) is 6.71. The number of aromatic nitrogens is 1. The number of ether oxygens (including phenoxy) is 1. The van der Waals surface area contributed by atoms with Crippen molar-refractivity contribution in [2.45, 2.75) is 13.5 Å². The number of fused-ring (bicyclic) bond motifs is 1. The monoisotopic (exact) mass is 289 g/mol. The van der Waals surface area contributed by atoms with Crippen LogP contribution in [0.15, 0.2) is 24.3 Å². The molecule has 0 aliphatic carbocycles. The molecule has 0 saturated heterocycles. The number of pyridine rings is 1. The highest BCUT2D eigenvalue weighted by molar-refractivity contribution is 5.83. The molecule has 112 valence electrons. The molecule has 0 fully saturated rings. The Labute approximate surface area is 123 Å². The lowest BCUT2D eigenvalue weighted by atomic mass is 10.1. The third-order valence-electron chi connectivity index (χ3n) is 3.06. The summed E-state index contributed by atoms with van der Waals surface area (Å²) in [5, 5.41) is 16.2. The van der Waals surface area contributed by atoms with E-state index >= 15 is 0 Å². The average Bonchev–Trinajstić information content (AvgIpc) is 2.49. The summed E-state index contributed by atoms with van der Waals surface area (Å²) in [7, 11) is 1.61. The number of benzene rings is 1. The summed E-state index contributed by atoms with van der Waals surface area (Å²) in [4.78, 5) is 15.3. The van der Waals surface area contributed by atoms with Crippen LogP contribution in [0.4, 0.5) is 5.82 Å². The first kappa shape index (κ1) is 15.1. The van der Waals surface area contributed by atoms with Gasteiger partial charge in [-0.05, 0) is 24.3 Å². The highest BCUT2D eigenvalue weighted by Crippen LogP contribution is 2.24. The van der Waals surface area contributed by atoms with E-state index < -0.39 is 0 Å². The van der Waals surface area contributed by atoms with E-state index in [1.807, 2.05) is 24.3 Å². The zero-order valence-electron chi connectivity index (χ0n) is 12.1. The number of hydrogen-bond acceptors (Lipinski definition) is 5. The number of carbonyl (C=O) groups is 1. The van der Waals surface area contributed by atoms with Gasteiger partial charge in [-0.2, -0.15) is 0 Å². The molecule has 6 nitrogen and oxygen atoms in total. The number of nitrogens with one attached hydrogen (secondary N) is 2. The van der Waals surface area contributed by atoms with Gasteiger partial charge in [0.05, 0.1) is 19.2 Å². The van der Waals surface area contributed by atoms with Crippen LogP contribution in [-0.4, -0.2) is 36.2 Å². The Balaban J connectivity index is 2.20. The number of amides is 1. The van der Waals surface area contributed by atoms with Crippen LogP contribution >= 0.6 is 0 Å². The van der Waals surface area contributed by atoms with Crippen molar-refractivity contribution in [3.63, 3.8) is 0 Å². The Morgan fingerprint density at radius 1 is 1.33 bits per heavy atom. The summed E-state index contributed by atoms with van der Waals surface area (Å²) in [5.41, 5.74) is 1.52. The number of aliphatic hydroxyl groups is 1. The van der Waals surface area contributed by atoms with E-state index in [9.17, 15) is 9.90 Å². The summed E-state index contributed by atoms with van der Waals surface area (Å²) in [6, 6.07) is 7.47. The minimum atomic E-state index is -0.109. The van der Waals surface area contributed by atoms with E-state index in [0.29, 0.717) is 24.5 Å². The molecule has 0 spiro atoms. The topological polar surface area (TPSA) is 83.5 Å². The predicted octanol–water partition coefficient (Wildman–Crippen LogP) is 1.28. The standard InChI is InChI=1S/C15H19N3O3/c1-10(20)16-5-6-17-15-12(9-19)7-11-8-13(21-2)3-4-14(11)18-15/h3-4,7-8,19H,5-6,9H2,1-2H3,(H,16,20)(H,17,18). The quantitative estimate of drug-likeness (QED) is 0.698. The summed E-state index contributed by atoms with van der Waals surface area (Å²) in [5.74, 6) is 1.30. The van der Waals surface area contributed by atoms with Gasteiger partial charge < -0.3 is 20.5 Å². The number of anilines is 1. The van der Waals surface area contributed by atoms with Gasteiger partial charge in [-0.15, -0.1) is 0 Å². The van der Waals surface area contributed by atoms with Gasteiger partial charge in [0, 0.05) is 31.0 Å². The summed E-state index contributed by atoms with van der Waals surface area (Å²) < 4.78 is 5.18. The summed E-state index contributed by atoms with van der Waals surface area (Å²) in [6.07, 6.45) is 0.